The summed E-state index contributed by atoms with van der Waals surface area (Å²) in [5.41, 5.74) is 1.85. The predicted octanol–water partition coefficient (Wildman–Crippen LogP) is 2.83. The summed E-state index contributed by atoms with van der Waals surface area (Å²) in [5.74, 6) is 2.02. The molecule has 140 valence electrons. The lowest BCUT2D eigenvalue weighted by Crippen LogP contribution is -2.28. The molecule has 3 heterocycles. The molecule has 0 saturated heterocycles. The summed E-state index contributed by atoms with van der Waals surface area (Å²) in [4.78, 5) is 12.6. The maximum atomic E-state index is 12.6. The molecular weight excluding hydrogens is 338 g/mol. The molecule has 0 bridgehead atoms. The van der Waals surface area contributed by atoms with Crippen LogP contribution >= 0.6 is 0 Å². The van der Waals surface area contributed by atoms with E-state index in [1.54, 1.807) is 0 Å². The summed E-state index contributed by atoms with van der Waals surface area (Å²) in [6.45, 7) is 2.24. The fourth-order valence-electron chi connectivity index (χ4n) is 3.65. The highest BCUT2D eigenvalue weighted by Gasteiger charge is 2.15. The van der Waals surface area contributed by atoms with Gasteiger partial charge in [0.2, 0.25) is 0 Å². The number of aromatic nitrogens is 4. The van der Waals surface area contributed by atoms with Crippen molar-refractivity contribution in [2.45, 2.75) is 45.2 Å². The lowest BCUT2D eigenvalue weighted by atomic mass is 10.2. The van der Waals surface area contributed by atoms with Gasteiger partial charge in [-0.3, -0.25) is 4.79 Å². The summed E-state index contributed by atoms with van der Waals surface area (Å²) in [6.07, 6.45) is 7.27. The highest BCUT2D eigenvalue weighted by Crippen LogP contribution is 2.14. The van der Waals surface area contributed by atoms with Crippen molar-refractivity contribution in [3.8, 4) is 0 Å². The molecule has 0 fully saturated rings. The van der Waals surface area contributed by atoms with E-state index in [4.69, 9.17) is 0 Å². The van der Waals surface area contributed by atoms with Crippen molar-refractivity contribution in [1.29, 1.82) is 0 Å². The normalized spacial score (nSPS) is 13.8. The SMILES string of the molecule is O=C(NCCc1nnc2n1CCCCC2)c1cccn1Cc1ccccc1. The van der Waals surface area contributed by atoms with E-state index >= 15 is 0 Å². The summed E-state index contributed by atoms with van der Waals surface area (Å²) in [6, 6.07) is 13.9. The van der Waals surface area contributed by atoms with Crippen LogP contribution in [-0.4, -0.2) is 31.8 Å². The second-order valence-electron chi connectivity index (χ2n) is 7.01. The first-order valence-electron chi connectivity index (χ1n) is 9.69. The van der Waals surface area contributed by atoms with Crippen LogP contribution in [0.5, 0.6) is 0 Å². The zero-order valence-corrected chi connectivity index (χ0v) is 15.5. The zero-order valence-electron chi connectivity index (χ0n) is 15.5. The summed E-state index contributed by atoms with van der Waals surface area (Å²) < 4.78 is 4.21. The van der Waals surface area contributed by atoms with Crippen LogP contribution in [0.25, 0.3) is 0 Å². The molecule has 2 aromatic heterocycles. The first-order chi connectivity index (χ1) is 13.3. The summed E-state index contributed by atoms with van der Waals surface area (Å²) in [5, 5.41) is 11.7. The number of aryl methyl sites for hydroxylation is 1. The summed E-state index contributed by atoms with van der Waals surface area (Å²) in [7, 11) is 0. The van der Waals surface area contributed by atoms with Gasteiger partial charge in [-0.1, -0.05) is 36.8 Å². The molecule has 1 amide bonds. The van der Waals surface area contributed by atoms with Crippen LogP contribution in [0.1, 0.15) is 47.0 Å². The number of carbonyl (C=O) groups is 1. The monoisotopic (exact) mass is 363 g/mol. The van der Waals surface area contributed by atoms with E-state index in [-0.39, 0.29) is 5.91 Å². The molecule has 0 spiro atoms. The molecule has 0 atom stereocenters. The Kier molecular flexibility index (Phi) is 5.32. The molecule has 0 saturated carbocycles. The van der Waals surface area contributed by atoms with Gasteiger partial charge in [0.15, 0.2) is 0 Å². The van der Waals surface area contributed by atoms with Gasteiger partial charge in [-0.15, -0.1) is 10.2 Å². The quantitative estimate of drug-likeness (QED) is 0.732. The first kappa shape index (κ1) is 17.5. The minimum atomic E-state index is -0.0495. The van der Waals surface area contributed by atoms with Crippen molar-refractivity contribution in [3.63, 3.8) is 0 Å². The lowest BCUT2D eigenvalue weighted by molar-refractivity contribution is 0.0945. The third kappa shape index (κ3) is 4.10. The van der Waals surface area contributed by atoms with Crippen LogP contribution in [0.4, 0.5) is 0 Å². The van der Waals surface area contributed by atoms with E-state index in [2.05, 4.69) is 32.2 Å². The first-order valence-corrected chi connectivity index (χ1v) is 9.69. The molecule has 0 unspecified atom stereocenters. The number of nitrogens with zero attached hydrogens (tertiary/aromatic N) is 4. The standard InChI is InChI=1S/C21H25N5O/c27-21(18-10-7-14-25(18)16-17-8-3-1-4-9-17)22-13-12-20-24-23-19-11-5-2-6-15-26(19)20/h1,3-4,7-10,14H,2,5-6,11-13,15-16H2,(H,22,27). The number of rotatable bonds is 6. The largest absolute Gasteiger partial charge is 0.350 e. The molecule has 1 aromatic carbocycles. The van der Waals surface area contributed by atoms with Crippen LogP contribution < -0.4 is 5.32 Å². The van der Waals surface area contributed by atoms with Crippen molar-refractivity contribution in [3.05, 3.63) is 71.6 Å². The number of nitrogens with one attached hydrogen (secondary N) is 1. The van der Waals surface area contributed by atoms with Gasteiger partial charge in [-0.05, 0) is 30.5 Å². The van der Waals surface area contributed by atoms with E-state index in [9.17, 15) is 4.79 Å². The van der Waals surface area contributed by atoms with Gasteiger partial charge in [-0.25, -0.2) is 0 Å². The highest BCUT2D eigenvalue weighted by molar-refractivity contribution is 5.92. The van der Waals surface area contributed by atoms with Gasteiger partial charge in [0, 0.05) is 38.7 Å². The number of hydrogen-bond donors (Lipinski definition) is 1. The fraction of sp³-hybridized carbons (Fsp3) is 0.381. The van der Waals surface area contributed by atoms with Gasteiger partial charge in [-0.2, -0.15) is 0 Å². The number of fused-ring (bicyclic) bond motifs is 1. The Morgan fingerprint density at radius 2 is 1.93 bits per heavy atom. The van der Waals surface area contributed by atoms with Gasteiger partial charge < -0.3 is 14.5 Å². The molecule has 1 N–H and O–H groups in total. The number of carbonyl (C=O) groups excluding carboxylic acids is 1. The zero-order chi connectivity index (χ0) is 18.5. The molecule has 1 aliphatic rings. The molecule has 0 aliphatic carbocycles. The van der Waals surface area contributed by atoms with Gasteiger partial charge >= 0.3 is 0 Å². The maximum absolute atomic E-state index is 12.6. The summed E-state index contributed by atoms with van der Waals surface area (Å²) >= 11 is 0. The Hall–Kier alpha value is -2.89. The second-order valence-corrected chi connectivity index (χ2v) is 7.01. The molecular formula is C21H25N5O. The minimum Gasteiger partial charge on any atom is -0.350 e. The highest BCUT2D eigenvalue weighted by atomic mass is 16.1. The molecule has 0 radical (unpaired) electrons. The number of hydrogen-bond acceptors (Lipinski definition) is 3. The Balaban J connectivity index is 1.35. The van der Waals surface area contributed by atoms with Crippen LogP contribution in [-0.2, 0) is 25.9 Å². The smallest absolute Gasteiger partial charge is 0.267 e. The lowest BCUT2D eigenvalue weighted by Gasteiger charge is -2.11. The molecule has 27 heavy (non-hydrogen) atoms. The van der Waals surface area contributed by atoms with Gasteiger partial charge in [0.1, 0.15) is 17.3 Å². The van der Waals surface area contributed by atoms with E-state index in [1.807, 2.05) is 41.1 Å². The Bertz CT molecular complexity index is 896. The number of benzene rings is 1. The molecule has 6 nitrogen and oxygen atoms in total. The third-order valence-corrected chi connectivity index (χ3v) is 5.08. The van der Waals surface area contributed by atoms with Crippen molar-refractivity contribution < 1.29 is 4.79 Å². The van der Waals surface area contributed by atoms with Crippen molar-refractivity contribution in [1.82, 2.24) is 24.6 Å². The van der Waals surface area contributed by atoms with Crippen molar-refractivity contribution in [2.24, 2.45) is 0 Å². The predicted molar refractivity (Wildman–Crippen MR) is 104 cm³/mol. The van der Waals surface area contributed by atoms with Crippen LogP contribution in [0.15, 0.2) is 48.7 Å². The van der Waals surface area contributed by atoms with Crippen LogP contribution in [0, 0.1) is 0 Å². The second kappa shape index (κ2) is 8.20. The average Bonchev–Trinajstić information content (AvgIpc) is 3.23. The Morgan fingerprint density at radius 3 is 2.81 bits per heavy atom. The van der Waals surface area contributed by atoms with Gasteiger partial charge in [0.25, 0.3) is 5.91 Å². The third-order valence-electron chi connectivity index (χ3n) is 5.08. The number of amides is 1. The average molecular weight is 363 g/mol. The molecule has 3 aromatic rings. The van der Waals surface area contributed by atoms with Crippen molar-refractivity contribution >= 4 is 5.91 Å². The topological polar surface area (TPSA) is 64.7 Å². The van der Waals surface area contributed by atoms with E-state index < -0.39 is 0 Å². The van der Waals surface area contributed by atoms with Crippen molar-refractivity contribution in [2.75, 3.05) is 6.54 Å². The van der Waals surface area contributed by atoms with Gasteiger partial charge in [0.05, 0.1) is 0 Å². The van der Waals surface area contributed by atoms with Crippen LogP contribution in [0.3, 0.4) is 0 Å². The fourth-order valence-corrected chi connectivity index (χ4v) is 3.65. The molecule has 1 aliphatic heterocycles. The Labute approximate surface area is 159 Å². The molecule has 4 rings (SSSR count). The van der Waals surface area contributed by atoms with Crippen LogP contribution in [0.2, 0.25) is 0 Å². The maximum Gasteiger partial charge on any atom is 0.267 e. The van der Waals surface area contributed by atoms with E-state index in [0.717, 1.165) is 24.6 Å². The van der Waals surface area contributed by atoms with E-state index in [0.29, 0.717) is 25.2 Å². The molecule has 6 heteroatoms. The Morgan fingerprint density at radius 1 is 1.04 bits per heavy atom. The minimum absolute atomic E-state index is 0.0495. The van der Waals surface area contributed by atoms with E-state index in [1.165, 1.54) is 24.8 Å².